The van der Waals surface area contributed by atoms with Crippen LogP contribution in [0.1, 0.15) is 25.2 Å². The number of aliphatic hydroxyl groups is 1. The van der Waals surface area contributed by atoms with Crippen LogP contribution in [0.25, 0.3) is 0 Å². The highest BCUT2D eigenvalue weighted by atomic mass is 16.5. The molecule has 0 aliphatic carbocycles. The van der Waals surface area contributed by atoms with E-state index in [0.717, 1.165) is 5.82 Å². The zero-order valence-corrected chi connectivity index (χ0v) is 9.81. The second-order valence-electron chi connectivity index (χ2n) is 4.53. The molecular formula is C11H19N3O2. The molecule has 90 valence electrons. The molecule has 1 aliphatic rings. The molecule has 0 aromatic carbocycles. The number of ether oxygens (including phenoxy) is 1. The van der Waals surface area contributed by atoms with Gasteiger partial charge in [0, 0.05) is 39.0 Å². The summed E-state index contributed by atoms with van der Waals surface area (Å²) in [4.78, 5) is 4.27. The number of aromatic nitrogens is 2. The molecule has 1 aliphatic heterocycles. The van der Waals surface area contributed by atoms with Crippen LogP contribution in [0.3, 0.4) is 0 Å². The standard InChI is InChI=1S/C11H19N3O2/c1-9(10-12-4-5-14(10)2)13-7-11(15)3-6-16-8-11/h4-5,9,13,15H,3,6-8H2,1-2H3. The van der Waals surface area contributed by atoms with Crippen molar-refractivity contribution in [2.45, 2.75) is 25.0 Å². The van der Waals surface area contributed by atoms with Gasteiger partial charge in [-0.25, -0.2) is 4.98 Å². The molecule has 2 unspecified atom stereocenters. The van der Waals surface area contributed by atoms with Gasteiger partial charge in [0.2, 0.25) is 0 Å². The fourth-order valence-corrected chi connectivity index (χ4v) is 1.96. The normalized spacial score (nSPS) is 27.2. The summed E-state index contributed by atoms with van der Waals surface area (Å²) >= 11 is 0. The van der Waals surface area contributed by atoms with Gasteiger partial charge in [-0.3, -0.25) is 0 Å². The first-order valence-electron chi connectivity index (χ1n) is 5.61. The number of nitrogens with one attached hydrogen (secondary N) is 1. The maximum Gasteiger partial charge on any atom is 0.125 e. The molecule has 0 amide bonds. The average molecular weight is 225 g/mol. The molecule has 2 heterocycles. The lowest BCUT2D eigenvalue weighted by molar-refractivity contribution is 0.0249. The highest BCUT2D eigenvalue weighted by Crippen LogP contribution is 2.18. The van der Waals surface area contributed by atoms with E-state index in [-0.39, 0.29) is 6.04 Å². The zero-order valence-electron chi connectivity index (χ0n) is 9.81. The van der Waals surface area contributed by atoms with E-state index in [9.17, 15) is 5.11 Å². The second-order valence-corrected chi connectivity index (χ2v) is 4.53. The van der Waals surface area contributed by atoms with Crippen LogP contribution in [-0.2, 0) is 11.8 Å². The van der Waals surface area contributed by atoms with Crippen molar-refractivity contribution in [2.75, 3.05) is 19.8 Å². The number of nitrogens with zero attached hydrogens (tertiary/aromatic N) is 2. The minimum absolute atomic E-state index is 0.129. The lowest BCUT2D eigenvalue weighted by atomic mass is 10.0. The van der Waals surface area contributed by atoms with Crippen LogP contribution < -0.4 is 5.32 Å². The van der Waals surface area contributed by atoms with Crippen molar-refractivity contribution in [3.63, 3.8) is 0 Å². The molecule has 0 spiro atoms. The van der Waals surface area contributed by atoms with Gasteiger partial charge in [-0.05, 0) is 6.92 Å². The van der Waals surface area contributed by atoms with E-state index in [2.05, 4.69) is 10.3 Å². The smallest absolute Gasteiger partial charge is 0.125 e. The summed E-state index contributed by atoms with van der Waals surface area (Å²) < 4.78 is 7.18. The Hall–Kier alpha value is -0.910. The molecule has 1 aromatic rings. The van der Waals surface area contributed by atoms with Crippen LogP contribution in [0.2, 0.25) is 0 Å². The van der Waals surface area contributed by atoms with Crippen molar-refractivity contribution < 1.29 is 9.84 Å². The number of aryl methyl sites for hydroxylation is 1. The number of hydrogen-bond acceptors (Lipinski definition) is 4. The predicted molar refractivity (Wildman–Crippen MR) is 60.0 cm³/mol. The van der Waals surface area contributed by atoms with Gasteiger partial charge in [0.15, 0.2) is 0 Å². The highest BCUT2D eigenvalue weighted by Gasteiger charge is 2.32. The Morgan fingerprint density at radius 3 is 3.12 bits per heavy atom. The number of rotatable bonds is 4. The fraction of sp³-hybridized carbons (Fsp3) is 0.727. The SMILES string of the molecule is CC(NCC1(O)CCOC1)c1nccn1C. The van der Waals surface area contributed by atoms with Crippen molar-refractivity contribution >= 4 is 0 Å². The lowest BCUT2D eigenvalue weighted by Crippen LogP contribution is -2.42. The molecule has 5 heteroatoms. The summed E-state index contributed by atoms with van der Waals surface area (Å²) in [6, 6.07) is 0.129. The van der Waals surface area contributed by atoms with Crippen molar-refractivity contribution in [3.05, 3.63) is 18.2 Å². The molecular weight excluding hydrogens is 206 g/mol. The molecule has 1 saturated heterocycles. The summed E-state index contributed by atoms with van der Waals surface area (Å²) in [5, 5.41) is 13.4. The monoisotopic (exact) mass is 225 g/mol. The first kappa shape index (κ1) is 11.6. The van der Waals surface area contributed by atoms with Crippen LogP contribution in [0.5, 0.6) is 0 Å². The Labute approximate surface area is 95.4 Å². The third kappa shape index (κ3) is 2.42. The largest absolute Gasteiger partial charge is 0.386 e. The van der Waals surface area contributed by atoms with Gasteiger partial charge in [-0.2, -0.15) is 0 Å². The summed E-state index contributed by atoms with van der Waals surface area (Å²) in [5.74, 6) is 0.975. The summed E-state index contributed by atoms with van der Waals surface area (Å²) in [6.07, 6.45) is 4.40. The third-order valence-electron chi connectivity index (χ3n) is 3.07. The van der Waals surface area contributed by atoms with E-state index in [1.54, 1.807) is 6.20 Å². The molecule has 0 radical (unpaired) electrons. The molecule has 2 rings (SSSR count). The van der Waals surface area contributed by atoms with Gasteiger partial charge in [0.1, 0.15) is 11.4 Å². The van der Waals surface area contributed by atoms with Crippen LogP contribution >= 0.6 is 0 Å². The first-order valence-corrected chi connectivity index (χ1v) is 5.61. The first-order chi connectivity index (χ1) is 7.61. The summed E-state index contributed by atoms with van der Waals surface area (Å²) in [7, 11) is 1.97. The quantitative estimate of drug-likeness (QED) is 0.769. The van der Waals surface area contributed by atoms with Crippen molar-refractivity contribution in [2.24, 2.45) is 7.05 Å². The molecule has 0 bridgehead atoms. The van der Waals surface area contributed by atoms with Crippen LogP contribution in [-0.4, -0.2) is 40.0 Å². The van der Waals surface area contributed by atoms with Gasteiger partial charge < -0.3 is 19.7 Å². The zero-order chi connectivity index (χ0) is 11.6. The average Bonchev–Trinajstić information content (AvgIpc) is 2.85. The van der Waals surface area contributed by atoms with E-state index in [4.69, 9.17) is 4.74 Å². The summed E-state index contributed by atoms with van der Waals surface area (Å²) in [6.45, 7) is 3.66. The van der Waals surface area contributed by atoms with Crippen LogP contribution in [0.4, 0.5) is 0 Å². The molecule has 1 aromatic heterocycles. The molecule has 16 heavy (non-hydrogen) atoms. The topological polar surface area (TPSA) is 59.3 Å². The molecule has 2 atom stereocenters. The Bertz CT molecular complexity index is 345. The molecule has 5 nitrogen and oxygen atoms in total. The van der Waals surface area contributed by atoms with E-state index >= 15 is 0 Å². The lowest BCUT2D eigenvalue weighted by Gasteiger charge is -2.23. The Morgan fingerprint density at radius 1 is 1.75 bits per heavy atom. The molecule has 0 saturated carbocycles. The van der Waals surface area contributed by atoms with Crippen molar-refractivity contribution in [3.8, 4) is 0 Å². The Kier molecular flexibility index (Phi) is 3.28. The maximum absolute atomic E-state index is 10.1. The highest BCUT2D eigenvalue weighted by molar-refractivity contribution is 4.98. The van der Waals surface area contributed by atoms with E-state index in [0.29, 0.717) is 26.2 Å². The van der Waals surface area contributed by atoms with Gasteiger partial charge in [-0.1, -0.05) is 0 Å². The molecule has 1 fully saturated rings. The molecule has 2 N–H and O–H groups in total. The van der Waals surface area contributed by atoms with Crippen LogP contribution in [0, 0.1) is 0 Å². The number of imidazole rings is 1. The van der Waals surface area contributed by atoms with Crippen LogP contribution in [0.15, 0.2) is 12.4 Å². The minimum atomic E-state index is -0.709. The minimum Gasteiger partial charge on any atom is -0.386 e. The van der Waals surface area contributed by atoms with Gasteiger partial charge in [-0.15, -0.1) is 0 Å². The summed E-state index contributed by atoms with van der Waals surface area (Å²) in [5.41, 5.74) is -0.709. The Balaban J connectivity index is 1.88. The third-order valence-corrected chi connectivity index (χ3v) is 3.07. The van der Waals surface area contributed by atoms with Gasteiger partial charge >= 0.3 is 0 Å². The second kappa shape index (κ2) is 4.53. The fourth-order valence-electron chi connectivity index (χ4n) is 1.96. The van der Waals surface area contributed by atoms with E-state index in [1.165, 1.54) is 0 Å². The predicted octanol–water partition coefficient (Wildman–Crippen LogP) is 0.222. The van der Waals surface area contributed by atoms with Crippen molar-refractivity contribution in [1.82, 2.24) is 14.9 Å². The van der Waals surface area contributed by atoms with E-state index < -0.39 is 5.60 Å². The Morgan fingerprint density at radius 2 is 2.56 bits per heavy atom. The van der Waals surface area contributed by atoms with Gasteiger partial charge in [0.05, 0.1) is 12.6 Å². The number of hydrogen-bond donors (Lipinski definition) is 2. The van der Waals surface area contributed by atoms with Crippen molar-refractivity contribution in [1.29, 1.82) is 0 Å². The van der Waals surface area contributed by atoms with E-state index in [1.807, 2.05) is 24.7 Å². The van der Waals surface area contributed by atoms with Gasteiger partial charge in [0.25, 0.3) is 0 Å². The maximum atomic E-state index is 10.1.